The van der Waals surface area contributed by atoms with Crippen molar-refractivity contribution in [1.29, 1.82) is 0 Å². The van der Waals surface area contributed by atoms with Gasteiger partial charge in [0.1, 0.15) is 11.6 Å². The van der Waals surface area contributed by atoms with Gasteiger partial charge in [-0.15, -0.1) is 0 Å². The molecule has 0 saturated heterocycles. The van der Waals surface area contributed by atoms with Gasteiger partial charge in [0.2, 0.25) is 5.91 Å². The zero-order chi connectivity index (χ0) is 18.4. The Hall–Kier alpha value is -3.08. The molecule has 0 bridgehead atoms. The van der Waals surface area contributed by atoms with Crippen LogP contribution in [0.4, 0.5) is 4.39 Å². The molecule has 2 aromatic carbocycles. The Bertz CT molecular complexity index is 827. The number of hydrogen-bond donors (Lipinski definition) is 1. The topological polar surface area (TPSA) is 43.3 Å². The second kappa shape index (κ2) is 8.34. The van der Waals surface area contributed by atoms with E-state index in [1.54, 1.807) is 19.2 Å². The summed E-state index contributed by atoms with van der Waals surface area (Å²) in [5.74, 6) is 0.428. The van der Waals surface area contributed by atoms with E-state index in [0.717, 1.165) is 16.9 Å². The molecule has 5 heteroatoms. The molecular formula is C21H21FN2O2. The van der Waals surface area contributed by atoms with Crippen LogP contribution >= 0.6 is 0 Å². The minimum absolute atomic E-state index is 0.0659. The van der Waals surface area contributed by atoms with Gasteiger partial charge in [0.15, 0.2) is 0 Å². The average Bonchev–Trinajstić information content (AvgIpc) is 3.20. The number of aromatic nitrogens is 1. The van der Waals surface area contributed by atoms with Gasteiger partial charge in [0.25, 0.3) is 0 Å². The van der Waals surface area contributed by atoms with Gasteiger partial charge in [-0.2, -0.15) is 0 Å². The van der Waals surface area contributed by atoms with Crippen molar-refractivity contribution in [1.82, 2.24) is 9.88 Å². The number of rotatable bonds is 7. The fraction of sp³-hybridized carbons (Fsp3) is 0.190. The molecule has 1 atom stereocenters. The number of methoxy groups -OCH3 is 1. The lowest BCUT2D eigenvalue weighted by Crippen LogP contribution is -2.26. The predicted molar refractivity (Wildman–Crippen MR) is 98.4 cm³/mol. The highest BCUT2D eigenvalue weighted by atomic mass is 19.1. The standard InChI is InChI=1S/C21H21FN2O2/c1-26-19-10-6-17(7-11-19)20(24-12-2-3-13-24)14-21(25)23-15-16-4-8-18(22)9-5-16/h2-13,20H,14-15H2,1H3,(H,23,25)/t20-/m1/s1. The Morgan fingerprint density at radius 2 is 1.73 bits per heavy atom. The van der Waals surface area contributed by atoms with Crippen LogP contribution in [0.3, 0.4) is 0 Å². The molecule has 1 heterocycles. The lowest BCUT2D eigenvalue weighted by atomic mass is 10.0. The summed E-state index contributed by atoms with van der Waals surface area (Å²) in [6.07, 6.45) is 4.20. The van der Waals surface area contributed by atoms with Crippen molar-refractivity contribution in [3.8, 4) is 5.75 Å². The van der Waals surface area contributed by atoms with Crippen molar-refractivity contribution in [2.75, 3.05) is 7.11 Å². The fourth-order valence-electron chi connectivity index (χ4n) is 2.83. The molecule has 0 aliphatic heterocycles. The van der Waals surface area contributed by atoms with Crippen LogP contribution in [0.25, 0.3) is 0 Å². The summed E-state index contributed by atoms with van der Waals surface area (Å²) in [7, 11) is 1.63. The Kier molecular flexibility index (Phi) is 5.69. The van der Waals surface area contributed by atoms with E-state index in [1.807, 2.05) is 53.4 Å². The fourth-order valence-corrected chi connectivity index (χ4v) is 2.83. The van der Waals surface area contributed by atoms with E-state index in [2.05, 4.69) is 5.32 Å². The normalized spacial score (nSPS) is 11.8. The lowest BCUT2D eigenvalue weighted by molar-refractivity contribution is -0.121. The van der Waals surface area contributed by atoms with Crippen LogP contribution in [0.5, 0.6) is 5.75 Å². The van der Waals surface area contributed by atoms with E-state index in [-0.39, 0.29) is 17.8 Å². The van der Waals surface area contributed by atoms with Crippen molar-refractivity contribution in [2.45, 2.75) is 19.0 Å². The summed E-state index contributed by atoms with van der Waals surface area (Å²) < 4.78 is 20.2. The van der Waals surface area contributed by atoms with Crippen molar-refractivity contribution in [3.05, 3.63) is 90.0 Å². The largest absolute Gasteiger partial charge is 0.497 e. The monoisotopic (exact) mass is 352 g/mol. The number of carbonyl (C=O) groups excluding carboxylic acids is 1. The third-order valence-corrected chi connectivity index (χ3v) is 4.27. The average molecular weight is 352 g/mol. The molecule has 1 aromatic heterocycles. The van der Waals surface area contributed by atoms with Crippen molar-refractivity contribution in [2.24, 2.45) is 0 Å². The zero-order valence-electron chi connectivity index (χ0n) is 14.6. The lowest BCUT2D eigenvalue weighted by Gasteiger charge is -2.19. The highest BCUT2D eigenvalue weighted by Gasteiger charge is 2.17. The van der Waals surface area contributed by atoms with Crippen LogP contribution in [0, 0.1) is 5.82 Å². The molecule has 0 saturated carbocycles. The minimum atomic E-state index is -0.285. The number of amides is 1. The molecule has 134 valence electrons. The number of nitrogens with one attached hydrogen (secondary N) is 1. The van der Waals surface area contributed by atoms with Crippen LogP contribution in [0.15, 0.2) is 73.1 Å². The van der Waals surface area contributed by atoms with Crippen molar-refractivity contribution < 1.29 is 13.9 Å². The summed E-state index contributed by atoms with van der Waals surface area (Å²) in [6, 6.07) is 17.6. The first kappa shape index (κ1) is 17.7. The highest BCUT2D eigenvalue weighted by molar-refractivity contribution is 5.76. The molecule has 1 amide bonds. The maximum Gasteiger partial charge on any atom is 0.222 e. The molecule has 4 nitrogen and oxygen atoms in total. The number of ether oxygens (including phenoxy) is 1. The second-order valence-corrected chi connectivity index (χ2v) is 6.03. The molecule has 0 spiro atoms. The second-order valence-electron chi connectivity index (χ2n) is 6.03. The van der Waals surface area contributed by atoms with Crippen LogP contribution in [0.1, 0.15) is 23.6 Å². The summed E-state index contributed by atoms with van der Waals surface area (Å²) >= 11 is 0. The summed E-state index contributed by atoms with van der Waals surface area (Å²) in [5, 5.41) is 2.90. The first-order chi connectivity index (χ1) is 12.7. The van der Waals surface area contributed by atoms with Gasteiger partial charge in [-0.25, -0.2) is 4.39 Å². The summed E-state index contributed by atoms with van der Waals surface area (Å²) in [4.78, 5) is 12.5. The Labute approximate surface area is 152 Å². The molecule has 3 rings (SSSR count). The minimum Gasteiger partial charge on any atom is -0.497 e. The molecule has 1 N–H and O–H groups in total. The van der Waals surface area contributed by atoms with E-state index in [9.17, 15) is 9.18 Å². The summed E-state index contributed by atoms with van der Waals surface area (Å²) in [5.41, 5.74) is 1.89. The number of carbonyl (C=O) groups is 1. The molecule has 26 heavy (non-hydrogen) atoms. The van der Waals surface area contributed by atoms with E-state index in [0.29, 0.717) is 13.0 Å². The predicted octanol–water partition coefficient (Wildman–Crippen LogP) is 3.93. The summed E-state index contributed by atoms with van der Waals surface area (Å²) in [6.45, 7) is 0.375. The van der Waals surface area contributed by atoms with Gasteiger partial charge in [-0.05, 0) is 47.5 Å². The third-order valence-electron chi connectivity index (χ3n) is 4.27. The van der Waals surface area contributed by atoms with E-state index >= 15 is 0 Å². The van der Waals surface area contributed by atoms with Crippen LogP contribution in [-0.2, 0) is 11.3 Å². The highest BCUT2D eigenvalue weighted by Crippen LogP contribution is 2.24. The molecule has 0 fully saturated rings. The number of halogens is 1. The van der Waals surface area contributed by atoms with Crippen molar-refractivity contribution in [3.63, 3.8) is 0 Å². The smallest absolute Gasteiger partial charge is 0.222 e. The number of nitrogens with zero attached hydrogens (tertiary/aromatic N) is 1. The molecular weight excluding hydrogens is 331 g/mol. The van der Waals surface area contributed by atoms with Gasteiger partial charge >= 0.3 is 0 Å². The van der Waals surface area contributed by atoms with Gasteiger partial charge in [0.05, 0.1) is 19.6 Å². The van der Waals surface area contributed by atoms with Crippen molar-refractivity contribution >= 4 is 5.91 Å². The number of hydrogen-bond acceptors (Lipinski definition) is 2. The van der Waals surface area contributed by atoms with Gasteiger partial charge in [-0.1, -0.05) is 24.3 Å². The molecule has 0 unspecified atom stereocenters. The first-order valence-corrected chi connectivity index (χ1v) is 8.43. The van der Waals surface area contributed by atoms with E-state index in [1.165, 1.54) is 12.1 Å². The van der Waals surface area contributed by atoms with Gasteiger partial charge in [-0.3, -0.25) is 4.79 Å². The van der Waals surface area contributed by atoms with E-state index in [4.69, 9.17) is 4.74 Å². The maximum atomic E-state index is 13.0. The maximum absolute atomic E-state index is 13.0. The van der Waals surface area contributed by atoms with Gasteiger partial charge < -0.3 is 14.6 Å². The zero-order valence-corrected chi connectivity index (χ0v) is 14.6. The molecule has 0 radical (unpaired) electrons. The molecule has 0 aliphatic carbocycles. The first-order valence-electron chi connectivity index (χ1n) is 8.43. The SMILES string of the molecule is COc1ccc([C@@H](CC(=O)NCc2ccc(F)cc2)n2cccc2)cc1. The number of benzene rings is 2. The van der Waals surface area contributed by atoms with Crippen LogP contribution in [-0.4, -0.2) is 17.6 Å². The van der Waals surface area contributed by atoms with Gasteiger partial charge in [0, 0.05) is 18.9 Å². The quantitative estimate of drug-likeness (QED) is 0.700. The Morgan fingerprint density at radius 1 is 1.08 bits per heavy atom. The molecule has 3 aromatic rings. The van der Waals surface area contributed by atoms with E-state index < -0.39 is 0 Å². The Balaban J connectivity index is 1.69. The molecule has 0 aliphatic rings. The third kappa shape index (κ3) is 4.51. The van der Waals surface area contributed by atoms with Crippen LogP contribution in [0.2, 0.25) is 0 Å². The van der Waals surface area contributed by atoms with Crippen LogP contribution < -0.4 is 10.1 Å². The Morgan fingerprint density at radius 3 is 2.35 bits per heavy atom.